The van der Waals surface area contributed by atoms with Gasteiger partial charge in [0.2, 0.25) is 25.9 Å². The highest BCUT2D eigenvalue weighted by Crippen LogP contribution is 2.24. The van der Waals surface area contributed by atoms with Crippen molar-refractivity contribution in [3.05, 3.63) is 54.1 Å². The summed E-state index contributed by atoms with van der Waals surface area (Å²) in [6.07, 6.45) is -0.432. The van der Waals surface area contributed by atoms with Gasteiger partial charge in [0.15, 0.2) is 0 Å². The molecular weight excluding hydrogens is 522 g/mol. The number of rotatable bonds is 7. The van der Waals surface area contributed by atoms with E-state index >= 15 is 0 Å². The third-order valence-electron chi connectivity index (χ3n) is 5.67. The lowest BCUT2D eigenvalue weighted by Gasteiger charge is -2.34. The average Bonchev–Trinajstić information content (AvgIpc) is 3.32. The topological polar surface area (TPSA) is 152 Å². The Balaban J connectivity index is 1.44. The maximum atomic E-state index is 13.0. The highest BCUT2D eigenvalue weighted by molar-refractivity contribution is 7.89. The summed E-state index contributed by atoms with van der Waals surface area (Å²) < 4.78 is 64.0. The van der Waals surface area contributed by atoms with Gasteiger partial charge in [-0.2, -0.15) is 4.31 Å². The molecule has 14 heteroatoms. The van der Waals surface area contributed by atoms with Crippen molar-refractivity contribution in [3.63, 3.8) is 0 Å². The molecule has 1 amide bonds. The maximum Gasteiger partial charge on any atom is 0.322 e. The summed E-state index contributed by atoms with van der Waals surface area (Å²) in [7, 11) is -4.43. The molecule has 0 aliphatic carbocycles. The molecule has 4 rings (SSSR count). The van der Waals surface area contributed by atoms with Crippen molar-refractivity contribution >= 4 is 32.0 Å². The van der Waals surface area contributed by atoms with E-state index in [1.165, 1.54) is 66.9 Å². The van der Waals surface area contributed by atoms with Gasteiger partial charge < -0.3 is 9.15 Å². The van der Waals surface area contributed by atoms with Crippen molar-refractivity contribution in [1.29, 1.82) is 0 Å². The minimum absolute atomic E-state index is 0.0742. The van der Waals surface area contributed by atoms with Gasteiger partial charge in [-0.05, 0) is 62.4 Å². The number of morpholine rings is 1. The summed E-state index contributed by atoms with van der Waals surface area (Å²) in [5.41, 5.74) is 0.660. The number of anilines is 1. The van der Waals surface area contributed by atoms with Crippen LogP contribution in [0.5, 0.6) is 0 Å². The number of nitrogens with one attached hydrogen (secondary N) is 1. The predicted octanol–water partition coefficient (Wildman–Crippen LogP) is 2.04. The van der Waals surface area contributed by atoms with Gasteiger partial charge in [-0.3, -0.25) is 10.1 Å². The molecule has 37 heavy (non-hydrogen) atoms. The fraction of sp³-hybridized carbons (Fsp3) is 0.348. The molecule has 0 saturated carbocycles. The second-order valence-corrected chi connectivity index (χ2v) is 12.9. The lowest BCUT2D eigenvalue weighted by atomic mass is 10.2. The zero-order valence-electron chi connectivity index (χ0n) is 20.7. The van der Waals surface area contributed by atoms with Crippen LogP contribution in [0.3, 0.4) is 0 Å². The lowest BCUT2D eigenvalue weighted by Crippen LogP contribution is -2.48. The second kappa shape index (κ2) is 10.3. The zero-order valence-corrected chi connectivity index (χ0v) is 22.3. The summed E-state index contributed by atoms with van der Waals surface area (Å²) in [5.74, 6) is -0.486. The van der Waals surface area contributed by atoms with E-state index < -0.39 is 26.0 Å². The highest BCUT2D eigenvalue weighted by Gasteiger charge is 2.32. The van der Waals surface area contributed by atoms with Crippen molar-refractivity contribution in [2.45, 2.75) is 35.8 Å². The van der Waals surface area contributed by atoms with Crippen LogP contribution in [0.4, 0.5) is 6.01 Å². The molecule has 1 aliphatic rings. The maximum absolute atomic E-state index is 13.0. The first-order valence-corrected chi connectivity index (χ1v) is 14.2. The van der Waals surface area contributed by atoms with E-state index in [1.807, 2.05) is 13.8 Å². The second-order valence-electron chi connectivity index (χ2n) is 8.78. The Labute approximate surface area is 215 Å². The van der Waals surface area contributed by atoms with Crippen LogP contribution in [0.25, 0.3) is 11.5 Å². The van der Waals surface area contributed by atoms with Gasteiger partial charge in [0.25, 0.3) is 5.91 Å². The summed E-state index contributed by atoms with van der Waals surface area (Å²) in [4.78, 5) is 12.8. The number of carbonyl (C=O) groups is 1. The molecule has 0 spiro atoms. The molecule has 2 unspecified atom stereocenters. The van der Waals surface area contributed by atoms with Crippen LogP contribution in [-0.4, -0.2) is 80.9 Å². The van der Waals surface area contributed by atoms with Crippen LogP contribution < -0.4 is 5.32 Å². The molecule has 1 fully saturated rings. The van der Waals surface area contributed by atoms with Gasteiger partial charge in [-0.1, -0.05) is 5.10 Å². The van der Waals surface area contributed by atoms with Gasteiger partial charge in [0.05, 0.1) is 22.0 Å². The van der Waals surface area contributed by atoms with Crippen molar-refractivity contribution in [2.75, 3.05) is 32.5 Å². The summed E-state index contributed by atoms with van der Waals surface area (Å²) in [6.45, 7) is 4.14. The van der Waals surface area contributed by atoms with E-state index in [0.717, 1.165) is 4.31 Å². The molecule has 2 aromatic carbocycles. The Morgan fingerprint density at radius 3 is 2.05 bits per heavy atom. The molecular formula is C23H27N5O7S2. The van der Waals surface area contributed by atoms with Crippen molar-refractivity contribution in [3.8, 4) is 11.5 Å². The van der Waals surface area contributed by atoms with Gasteiger partial charge in [-0.15, -0.1) is 5.10 Å². The zero-order chi connectivity index (χ0) is 27.0. The van der Waals surface area contributed by atoms with Crippen LogP contribution in [0.1, 0.15) is 24.2 Å². The quantitative estimate of drug-likeness (QED) is 0.467. The number of hydrogen-bond donors (Lipinski definition) is 1. The number of aromatic nitrogens is 2. The highest BCUT2D eigenvalue weighted by atomic mass is 32.2. The third kappa shape index (κ3) is 5.72. The summed E-state index contributed by atoms with van der Waals surface area (Å²) >= 11 is 0. The smallest absolute Gasteiger partial charge is 0.322 e. The first kappa shape index (κ1) is 26.9. The van der Waals surface area contributed by atoms with E-state index in [2.05, 4.69) is 15.5 Å². The number of sulfonamides is 2. The van der Waals surface area contributed by atoms with Gasteiger partial charge in [0, 0.05) is 38.3 Å². The van der Waals surface area contributed by atoms with E-state index in [0.29, 0.717) is 5.56 Å². The van der Waals surface area contributed by atoms with E-state index in [9.17, 15) is 21.6 Å². The van der Waals surface area contributed by atoms with E-state index in [-0.39, 0.29) is 52.6 Å². The van der Waals surface area contributed by atoms with Crippen molar-refractivity contribution in [1.82, 2.24) is 18.8 Å². The van der Waals surface area contributed by atoms with Crippen LogP contribution >= 0.6 is 0 Å². The standard InChI is InChI=1S/C23H27N5O7S2/c1-15-13-28(14-16(2)34-15)37(32,33)20-9-5-17(6-10-20)21(29)24-23-26-25-22(35-23)18-7-11-19(12-8-18)36(30,31)27(3)4/h5-12,15-16H,13-14H2,1-4H3,(H,24,26,29). The monoisotopic (exact) mass is 549 g/mol. The summed E-state index contributed by atoms with van der Waals surface area (Å²) in [5, 5.41) is 10.2. The number of ether oxygens (including phenoxy) is 1. The van der Waals surface area contributed by atoms with Crippen LogP contribution in [0, 0.1) is 0 Å². The fourth-order valence-corrected chi connectivity index (χ4v) is 6.29. The third-order valence-corrected chi connectivity index (χ3v) is 9.34. The minimum Gasteiger partial charge on any atom is -0.403 e. The first-order valence-electron chi connectivity index (χ1n) is 11.3. The predicted molar refractivity (Wildman–Crippen MR) is 134 cm³/mol. The van der Waals surface area contributed by atoms with Gasteiger partial charge >= 0.3 is 6.01 Å². The summed E-state index contributed by atoms with van der Waals surface area (Å²) in [6, 6.07) is 11.2. The van der Waals surface area contributed by atoms with Crippen LogP contribution in [0.2, 0.25) is 0 Å². The Morgan fingerprint density at radius 1 is 0.919 bits per heavy atom. The Kier molecular flexibility index (Phi) is 7.48. The molecule has 1 saturated heterocycles. The molecule has 2 heterocycles. The first-order chi connectivity index (χ1) is 17.4. The molecule has 12 nitrogen and oxygen atoms in total. The number of amides is 1. The fourth-order valence-electron chi connectivity index (χ4n) is 3.79. The number of carbonyl (C=O) groups excluding carboxylic acids is 1. The molecule has 3 aromatic rings. The SMILES string of the molecule is CC1CN(S(=O)(=O)c2ccc(C(=O)Nc3nnc(-c4ccc(S(=O)(=O)N(C)C)cc4)o3)cc2)CC(C)O1. The van der Waals surface area contributed by atoms with E-state index in [1.54, 1.807) is 0 Å². The normalized spacial score (nSPS) is 19.2. The Morgan fingerprint density at radius 2 is 1.49 bits per heavy atom. The van der Waals surface area contributed by atoms with Gasteiger partial charge in [0.1, 0.15) is 0 Å². The van der Waals surface area contributed by atoms with Crippen LogP contribution in [0.15, 0.2) is 62.7 Å². The minimum atomic E-state index is -3.73. The number of benzene rings is 2. The molecule has 1 aromatic heterocycles. The molecule has 2 atom stereocenters. The number of nitrogens with zero attached hydrogens (tertiary/aromatic N) is 4. The Hall–Kier alpha value is -3.17. The van der Waals surface area contributed by atoms with Crippen molar-refractivity contribution in [2.24, 2.45) is 0 Å². The molecule has 0 radical (unpaired) electrons. The molecule has 1 aliphatic heterocycles. The average molecular weight is 550 g/mol. The van der Waals surface area contributed by atoms with Gasteiger partial charge in [-0.25, -0.2) is 21.1 Å². The Bertz CT molecular complexity index is 1470. The van der Waals surface area contributed by atoms with Crippen LogP contribution in [-0.2, 0) is 24.8 Å². The molecule has 198 valence electrons. The molecule has 1 N–H and O–H groups in total. The van der Waals surface area contributed by atoms with Crippen molar-refractivity contribution < 1.29 is 30.8 Å². The lowest BCUT2D eigenvalue weighted by molar-refractivity contribution is -0.0440. The molecule has 0 bridgehead atoms. The largest absolute Gasteiger partial charge is 0.403 e. The number of hydrogen-bond acceptors (Lipinski definition) is 9. The van der Waals surface area contributed by atoms with E-state index in [4.69, 9.17) is 9.15 Å².